The third kappa shape index (κ3) is 3.68. The maximum Gasteiger partial charge on any atom is 0.326 e. The van der Waals surface area contributed by atoms with Crippen molar-refractivity contribution >= 4 is 35.2 Å². The molecule has 1 heterocycles. The van der Waals surface area contributed by atoms with Crippen LogP contribution in [0.2, 0.25) is 5.02 Å². The summed E-state index contributed by atoms with van der Waals surface area (Å²) in [4.78, 5) is 49.3. The van der Waals surface area contributed by atoms with Crippen LogP contribution in [-0.2, 0) is 9.53 Å². The molecule has 8 heteroatoms. The van der Waals surface area contributed by atoms with E-state index in [4.69, 9.17) is 21.1 Å². The second-order valence-corrected chi connectivity index (χ2v) is 6.08. The van der Waals surface area contributed by atoms with Crippen molar-refractivity contribution in [1.82, 2.24) is 4.90 Å². The summed E-state index contributed by atoms with van der Waals surface area (Å²) in [5.74, 6) is -2.06. The van der Waals surface area contributed by atoms with E-state index in [1.165, 1.54) is 37.4 Å². The van der Waals surface area contributed by atoms with E-state index in [1.807, 2.05) is 0 Å². The molecule has 1 aliphatic rings. The van der Waals surface area contributed by atoms with Gasteiger partial charge in [-0.3, -0.25) is 24.1 Å². The number of benzene rings is 2. The Morgan fingerprint density at radius 1 is 1.04 bits per heavy atom. The lowest BCUT2D eigenvalue weighted by Crippen LogP contribution is -2.36. The largest absolute Gasteiger partial charge is 0.495 e. The average molecular weight is 388 g/mol. The number of Topliss-reactive ketones (excluding diaryl/α,β-unsaturated/α-hetero) is 1. The Morgan fingerprint density at radius 3 is 2.22 bits per heavy atom. The SMILES string of the molecule is COc1ccc(C(=O)COC(=O)CN2C(=O)c3ccccc3C2=O)cc1Cl. The van der Waals surface area contributed by atoms with Gasteiger partial charge < -0.3 is 9.47 Å². The van der Waals surface area contributed by atoms with Gasteiger partial charge in [-0.05, 0) is 30.3 Å². The zero-order valence-corrected chi connectivity index (χ0v) is 15.0. The topological polar surface area (TPSA) is 90.0 Å². The molecule has 0 aromatic heterocycles. The van der Waals surface area contributed by atoms with Crippen molar-refractivity contribution in [1.29, 1.82) is 0 Å². The van der Waals surface area contributed by atoms with Crippen LogP contribution in [0.25, 0.3) is 0 Å². The molecule has 0 aliphatic carbocycles. The zero-order valence-electron chi connectivity index (χ0n) is 14.2. The Labute approximate surface area is 159 Å². The summed E-state index contributed by atoms with van der Waals surface area (Å²) in [6, 6.07) is 10.7. The van der Waals surface area contributed by atoms with Crippen LogP contribution in [0.5, 0.6) is 5.75 Å². The van der Waals surface area contributed by atoms with Gasteiger partial charge in [0.25, 0.3) is 11.8 Å². The fourth-order valence-corrected chi connectivity index (χ4v) is 2.88. The monoisotopic (exact) mass is 387 g/mol. The quantitative estimate of drug-likeness (QED) is 0.429. The van der Waals surface area contributed by atoms with Gasteiger partial charge in [0, 0.05) is 5.56 Å². The van der Waals surface area contributed by atoms with Crippen molar-refractivity contribution in [3.63, 3.8) is 0 Å². The molecule has 2 amide bonds. The Morgan fingerprint density at radius 2 is 1.67 bits per heavy atom. The standard InChI is InChI=1S/C19H14ClNO6/c1-26-16-7-6-11(8-14(16)20)15(22)10-27-17(23)9-21-18(24)12-4-2-3-5-13(12)19(21)25/h2-8H,9-10H2,1H3. The van der Waals surface area contributed by atoms with Crippen LogP contribution in [0.4, 0.5) is 0 Å². The van der Waals surface area contributed by atoms with Crippen molar-refractivity contribution in [2.75, 3.05) is 20.3 Å². The highest BCUT2D eigenvalue weighted by molar-refractivity contribution is 6.32. The minimum atomic E-state index is -0.863. The highest BCUT2D eigenvalue weighted by Crippen LogP contribution is 2.25. The van der Waals surface area contributed by atoms with Crippen LogP contribution in [0.1, 0.15) is 31.1 Å². The summed E-state index contributed by atoms with van der Waals surface area (Å²) < 4.78 is 9.90. The number of methoxy groups -OCH3 is 1. The Kier molecular flexibility index (Phi) is 5.23. The third-order valence-electron chi connectivity index (χ3n) is 4.00. The van der Waals surface area contributed by atoms with E-state index in [-0.39, 0.29) is 21.7 Å². The number of ether oxygens (including phenoxy) is 2. The molecule has 2 aromatic carbocycles. The summed E-state index contributed by atoms with van der Waals surface area (Å²) >= 11 is 5.96. The van der Waals surface area contributed by atoms with Crippen molar-refractivity contribution in [2.45, 2.75) is 0 Å². The predicted molar refractivity (Wildman–Crippen MR) is 95.1 cm³/mol. The number of imide groups is 1. The molecular weight excluding hydrogens is 374 g/mol. The lowest BCUT2D eigenvalue weighted by atomic mass is 10.1. The number of carbonyl (C=O) groups excluding carboxylic acids is 4. The molecule has 0 N–H and O–H groups in total. The number of ketones is 1. The smallest absolute Gasteiger partial charge is 0.326 e. The van der Waals surface area contributed by atoms with Crippen LogP contribution in [-0.4, -0.2) is 48.7 Å². The number of rotatable bonds is 6. The first-order valence-corrected chi connectivity index (χ1v) is 8.27. The van der Waals surface area contributed by atoms with Crippen LogP contribution in [0.15, 0.2) is 42.5 Å². The molecule has 0 unspecified atom stereocenters. The molecule has 27 heavy (non-hydrogen) atoms. The van der Waals surface area contributed by atoms with Crippen molar-refractivity contribution < 1.29 is 28.7 Å². The maximum atomic E-state index is 12.2. The Bertz CT molecular complexity index is 920. The first-order chi connectivity index (χ1) is 12.9. The van der Waals surface area contributed by atoms with Crippen molar-refractivity contribution in [2.24, 2.45) is 0 Å². The second-order valence-electron chi connectivity index (χ2n) is 5.68. The molecule has 1 aliphatic heterocycles. The van der Waals surface area contributed by atoms with Gasteiger partial charge in [-0.2, -0.15) is 0 Å². The van der Waals surface area contributed by atoms with E-state index >= 15 is 0 Å². The van der Waals surface area contributed by atoms with Gasteiger partial charge in [0.15, 0.2) is 12.4 Å². The number of halogens is 1. The average Bonchev–Trinajstić information content (AvgIpc) is 2.91. The van der Waals surface area contributed by atoms with E-state index < -0.39 is 36.7 Å². The van der Waals surface area contributed by atoms with Gasteiger partial charge in [0.1, 0.15) is 12.3 Å². The summed E-state index contributed by atoms with van der Waals surface area (Å²) in [7, 11) is 1.45. The van der Waals surface area contributed by atoms with Crippen LogP contribution >= 0.6 is 11.6 Å². The highest BCUT2D eigenvalue weighted by Gasteiger charge is 2.36. The number of carbonyl (C=O) groups is 4. The van der Waals surface area contributed by atoms with E-state index in [0.717, 1.165) is 4.90 Å². The summed E-state index contributed by atoms with van der Waals surface area (Å²) in [6.45, 7) is -1.10. The molecule has 3 rings (SSSR count). The molecule has 138 valence electrons. The molecule has 0 saturated heterocycles. The van der Waals surface area contributed by atoms with Crippen LogP contribution < -0.4 is 4.74 Å². The lowest BCUT2D eigenvalue weighted by molar-refractivity contribution is -0.142. The fourth-order valence-electron chi connectivity index (χ4n) is 2.63. The van der Waals surface area contributed by atoms with Gasteiger partial charge in [-0.15, -0.1) is 0 Å². The van der Waals surface area contributed by atoms with E-state index in [9.17, 15) is 19.2 Å². The minimum Gasteiger partial charge on any atom is -0.495 e. The van der Waals surface area contributed by atoms with Crippen molar-refractivity contribution in [3.8, 4) is 5.75 Å². The van der Waals surface area contributed by atoms with Gasteiger partial charge in [0.05, 0.1) is 23.3 Å². The number of nitrogens with zero attached hydrogens (tertiary/aromatic N) is 1. The third-order valence-corrected chi connectivity index (χ3v) is 4.30. The summed E-state index contributed by atoms with van der Waals surface area (Å²) in [5, 5.41) is 0.251. The molecule has 0 bridgehead atoms. The predicted octanol–water partition coefficient (Wildman–Crippen LogP) is 2.37. The molecule has 0 spiro atoms. The van der Waals surface area contributed by atoms with E-state index in [0.29, 0.717) is 5.75 Å². The Balaban J connectivity index is 1.59. The molecule has 0 fully saturated rings. The Hall–Kier alpha value is -3.19. The van der Waals surface area contributed by atoms with Crippen molar-refractivity contribution in [3.05, 3.63) is 64.2 Å². The van der Waals surface area contributed by atoms with Crippen LogP contribution in [0.3, 0.4) is 0 Å². The number of amides is 2. The zero-order chi connectivity index (χ0) is 19.6. The first-order valence-electron chi connectivity index (χ1n) is 7.90. The maximum absolute atomic E-state index is 12.2. The molecule has 0 radical (unpaired) electrons. The fraction of sp³-hybridized carbons (Fsp3) is 0.158. The number of hydrogen-bond acceptors (Lipinski definition) is 6. The number of fused-ring (bicyclic) bond motifs is 1. The molecule has 0 saturated carbocycles. The summed E-state index contributed by atoms with van der Waals surface area (Å²) in [5.41, 5.74) is 0.716. The molecule has 2 aromatic rings. The molecule has 7 nitrogen and oxygen atoms in total. The summed E-state index contributed by atoms with van der Waals surface area (Å²) in [6.07, 6.45) is 0. The highest BCUT2D eigenvalue weighted by atomic mass is 35.5. The van der Waals surface area contributed by atoms with Crippen LogP contribution in [0, 0.1) is 0 Å². The number of esters is 1. The van der Waals surface area contributed by atoms with E-state index in [1.54, 1.807) is 12.1 Å². The molecular formula is C19H14ClNO6. The van der Waals surface area contributed by atoms with Gasteiger partial charge in [-0.25, -0.2) is 0 Å². The second kappa shape index (κ2) is 7.59. The van der Waals surface area contributed by atoms with Gasteiger partial charge in [0.2, 0.25) is 0 Å². The van der Waals surface area contributed by atoms with E-state index in [2.05, 4.69) is 0 Å². The number of hydrogen-bond donors (Lipinski definition) is 0. The minimum absolute atomic E-state index is 0.235. The van der Waals surface area contributed by atoms with Gasteiger partial charge >= 0.3 is 5.97 Å². The first kappa shape index (κ1) is 18.6. The lowest BCUT2D eigenvalue weighted by Gasteiger charge is -2.13. The van der Waals surface area contributed by atoms with Gasteiger partial charge in [-0.1, -0.05) is 23.7 Å². The normalized spacial score (nSPS) is 12.7. The molecule has 0 atom stereocenters.